The fourth-order valence-electron chi connectivity index (χ4n) is 2.38. The Morgan fingerprint density at radius 2 is 2.00 bits per heavy atom. The van der Waals surface area contributed by atoms with Gasteiger partial charge in [0.15, 0.2) is 5.16 Å². The van der Waals surface area contributed by atoms with E-state index in [0.717, 1.165) is 35.0 Å². The molecule has 0 fully saturated rings. The van der Waals surface area contributed by atoms with Crippen LogP contribution in [0.5, 0.6) is 0 Å². The molecule has 0 aliphatic rings. The van der Waals surface area contributed by atoms with Gasteiger partial charge in [0.1, 0.15) is 0 Å². The number of aromatic amines is 1. The second-order valence-corrected chi connectivity index (χ2v) is 7.12. The minimum absolute atomic E-state index is 0.0648. The predicted octanol–water partition coefficient (Wildman–Crippen LogP) is 2.19. The van der Waals surface area contributed by atoms with Gasteiger partial charge < -0.3 is 15.6 Å². The number of benzene rings is 1. The summed E-state index contributed by atoms with van der Waals surface area (Å²) < 4.78 is 0. The lowest BCUT2D eigenvalue weighted by molar-refractivity contribution is -0.122. The first-order valence-corrected chi connectivity index (χ1v) is 9.73. The second kappa shape index (κ2) is 9.91. The summed E-state index contributed by atoms with van der Waals surface area (Å²) in [6.45, 7) is 5.79. The van der Waals surface area contributed by atoms with Crippen molar-refractivity contribution in [1.29, 1.82) is 0 Å². The minimum Gasteiger partial charge on any atom is -0.346 e. The Hall–Kier alpha value is -2.61. The fraction of sp³-hybridized carbons (Fsp3) is 0.368. The maximum absolute atomic E-state index is 12.0. The van der Waals surface area contributed by atoms with E-state index in [9.17, 15) is 14.4 Å². The first-order chi connectivity index (χ1) is 12.9. The standard InChI is InChI=1S/C19H24N4O3S/c1-4-6-14-9-16(24)23-19(21-14)27-11-18(26)20-10-17(25)22-15-8-5-7-12(2)13(15)3/h5,7-9H,4,6,10-11H2,1-3H3,(H,20,26)(H,22,25)(H,21,23,24). The molecule has 0 spiro atoms. The van der Waals surface area contributed by atoms with Crippen LogP contribution in [0.25, 0.3) is 0 Å². The number of hydrogen-bond acceptors (Lipinski definition) is 5. The molecule has 0 unspecified atom stereocenters. The van der Waals surface area contributed by atoms with Crippen LogP contribution in [0.1, 0.15) is 30.2 Å². The molecule has 2 rings (SSSR count). The van der Waals surface area contributed by atoms with Crippen LogP contribution in [-0.4, -0.2) is 34.1 Å². The van der Waals surface area contributed by atoms with Crippen LogP contribution in [0, 0.1) is 13.8 Å². The van der Waals surface area contributed by atoms with Gasteiger partial charge in [-0.1, -0.05) is 37.2 Å². The largest absolute Gasteiger partial charge is 0.346 e. The van der Waals surface area contributed by atoms with E-state index in [4.69, 9.17) is 0 Å². The summed E-state index contributed by atoms with van der Waals surface area (Å²) in [4.78, 5) is 42.5. The highest BCUT2D eigenvalue weighted by Crippen LogP contribution is 2.17. The van der Waals surface area contributed by atoms with Crippen molar-refractivity contribution in [3.63, 3.8) is 0 Å². The minimum atomic E-state index is -0.306. The normalized spacial score (nSPS) is 10.5. The topological polar surface area (TPSA) is 104 Å². The summed E-state index contributed by atoms with van der Waals surface area (Å²) in [5.74, 6) is -0.534. The lowest BCUT2D eigenvalue weighted by Crippen LogP contribution is -2.34. The third-order valence-electron chi connectivity index (χ3n) is 3.94. The Kier molecular flexibility index (Phi) is 7.60. The second-order valence-electron chi connectivity index (χ2n) is 6.15. The molecule has 0 saturated heterocycles. The van der Waals surface area contributed by atoms with E-state index in [2.05, 4.69) is 20.6 Å². The third kappa shape index (κ3) is 6.56. The zero-order valence-electron chi connectivity index (χ0n) is 15.7. The maximum atomic E-state index is 12.0. The Morgan fingerprint density at radius 3 is 2.74 bits per heavy atom. The monoisotopic (exact) mass is 388 g/mol. The van der Waals surface area contributed by atoms with Gasteiger partial charge >= 0.3 is 0 Å². The van der Waals surface area contributed by atoms with E-state index in [1.54, 1.807) is 0 Å². The number of nitrogens with one attached hydrogen (secondary N) is 3. The van der Waals surface area contributed by atoms with E-state index in [0.29, 0.717) is 17.3 Å². The molecule has 1 aromatic carbocycles. The number of carbonyl (C=O) groups excluding carboxylic acids is 2. The zero-order chi connectivity index (χ0) is 19.8. The van der Waals surface area contributed by atoms with E-state index < -0.39 is 0 Å². The van der Waals surface area contributed by atoms with Crippen molar-refractivity contribution < 1.29 is 9.59 Å². The molecule has 0 aliphatic carbocycles. The molecule has 8 heteroatoms. The molecule has 0 saturated carbocycles. The van der Waals surface area contributed by atoms with Crippen LogP contribution < -0.4 is 16.2 Å². The average molecular weight is 388 g/mol. The molecule has 0 radical (unpaired) electrons. The molecule has 2 amide bonds. The maximum Gasteiger partial charge on any atom is 0.251 e. The van der Waals surface area contributed by atoms with E-state index in [-0.39, 0.29) is 29.7 Å². The Balaban J connectivity index is 1.81. The van der Waals surface area contributed by atoms with E-state index in [1.165, 1.54) is 6.07 Å². The number of H-pyrrole nitrogens is 1. The van der Waals surface area contributed by atoms with Crippen molar-refractivity contribution in [3.05, 3.63) is 51.4 Å². The van der Waals surface area contributed by atoms with Gasteiger partial charge in [0.2, 0.25) is 11.8 Å². The molecule has 3 N–H and O–H groups in total. The molecule has 1 aromatic heterocycles. The third-order valence-corrected chi connectivity index (χ3v) is 4.82. The molecule has 0 aliphatic heterocycles. The van der Waals surface area contributed by atoms with Gasteiger partial charge in [-0.2, -0.15) is 0 Å². The highest BCUT2D eigenvalue weighted by molar-refractivity contribution is 7.99. The summed E-state index contributed by atoms with van der Waals surface area (Å²) in [7, 11) is 0. The summed E-state index contributed by atoms with van der Waals surface area (Å²) in [5.41, 5.74) is 3.29. The van der Waals surface area contributed by atoms with Gasteiger partial charge in [-0.3, -0.25) is 14.4 Å². The number of nitrogens with zero attached hydrogens (tertiary/aromatic N) is 1. The molecule has 0 atom stereocenters. The zero-order valence-corrected chi connectivity index (χ0v) is 16.5. The molecular weight excluding hydrogens is 364 g/mol. The van der Waals surface area contributed by atoms with Crippen molar-refractivity contribution in [2.75, 3.05) is 17.6 Å². The average Bonchev–Trinajstić information content (AvgIpc) is 2.62. The van der Waals surface area contributed by atoms with Crippen molar-refractivity contribution >= 4 is 29.3 Å². The molecule has 144 valence electrons. The molecule has 0 bridgehead atoms. The number of aryl methyl sites for hydroxylation is 2. The number of hydrogen-bond donors (Lipinski definition) is 3. The van der Waals surface area contributed by atoms with E-state index >= 15 is 0 Å². The number of rotatable bonds is 8. The van der Waals surface area contributed by atoms with Crippen molar-refractivity contribution in [1.82, 2.24) is 15.3 Å². The van der Waals surface area contributed by atoms with Gasteiger partial charge in [0.05, 0.1) is 12.3 Å². The smallest absolute Gasteiger partial charge is 0.251 e. The Labute approximate surface area is 162 Å². The van der Waals surface area contributed by atoms with Crippen LogP contribution in [-0.2, 0) is 16.0 Å². The number of aromatic nitrogens is 2. The van der Waals surface area contributed by atoms with Crippen LogP contribution in [0.2, 0.25) is 0 Å². The fourth-order valence-corrected chi connectivity index (χ4v) is 3.11. The highest BCUT2D eigenvalue weighted by Gasteiger charge is 2.10. The molecule has 2 aromatic rings. The van der Waals surface area contributed by atoms with Gasteiger partial charge in [0.25, 0.3) is 5.56 Å². The van der Waals surface area contributed by atoms with Crippen molar-refractivity contribution in [3.8, 4) is 0 Å². The van der Waals surface area contributed by atoms with Crippen LogP contribution >= 0.6 is 11.8 Å². The van der Waals surface area contributed by atoms with Crippen molar-refractivity contribution in [2.24, 2.45) is 0 Å². The number of carbonyl (C=O) groups is 2. The molecule has 7 nitrogen and oxygen atoms in total. The molecule has 1 heterocycles. The summed E-state index contributed by atoms with van der Waals surface area (Å²) in [6.07, 6.45) is 1.60. The van der Waals surface area contributed by atoms with Crippen LogP contribution in [0.4, 0.5) is 5.69 Å². The van der Waals surface area contributed by atoms with Crippen LogP contribution in [0.15, 0.2) is 34.2 Å². The quantitative estimate of drug-likeness (QED) is 0.475. The summed E-state index contributed by atoms with van der Waals surface area (Å²) >= 11 is 1.13. The SMILES string of the molecule is CCCc1cc(=O)[nH]c(SCC(=O)NCC(=O)Nc2cccc(C)c2C)n1. The van der Waals surface area contributed by atoms with Crippen LogP contribution in [0.3, 0.4) is 0 Å². The predicted molar refractivity (Wildman–Crippen MR) is 107 cm³/mol. The molecule has 27 heavy (non-hydrogen) atoms. The Morgan fingerprint density at radius 1 is 1.22 bits per heavy atom. The van der Waals surface area contributed by atoms with Gasteiger partial charge in [-0.15, -0.1) is 0 Å². The lowest BCUT2D eigenvalue weighted by atomic mass is 10.1. The highest BCUT2D eigenvalue weighted by atomic mass is 32.2. The Bertz CT molecular complexity index is 879. The van der Waals surface area contributed by atoms with Gasteiger partial charge in [-0.05, 0) is 37.5 Å². The number of anilines is 1. The number of amides is 2. The van der Waals surface area contributed by atoms with Gasteiger partial charge in [0, 0.05) is 17.4 Å². The first kappa shape index (κ1) is 20.7. The number of thioether (sulfide) groups is 1. The lowest BCUT2D eigenvalue weighted by Gasteiger charge is -2.11. The first-order valence-electron chi connectivity index (χ1n) is 8.75. The van der Waals surface area contributed by atoms with Gasteiger partial charge in [-0.25, -0.2) is 4.98 Å². The van der Waals surface area contributed by atoms with E-state index in [1.807, 2.05) is 39.0 Å². The van der Waals surface area contributed by atoms with Crippen molar-refractivity contribution in [2.45, 2.75) is 38.8 Å². The summed E-state index contributed by atoms with van der Waals surface area (Å²) in [6, 6.07) is 7.12. The summed E-state index contributed by atoms with van der Waals surface area (Å²) in [5, 5.41) is 5.76. The molecular formula is C19H24N4O3S.